The van der Waals surface area contributed by atoms with Gasteiger partial charge in [0.15, 0.2) is 0 Å². The molecule has 21 heavy (non-hydrogen) atoms. The van der Waals surface area contributed by atoms with E-state index in [0.717, 1.165) is 17.7 Å². The van der Waals surface area contributed by atoms with E-state index in [2.05, 4.69) is 0 Å². The summed E-state index contributed by atoms with van der Waals surface area (Å²) in [5, 5.41) is 0. The van der Waals surface area contributed by atoms with Crippen LogP contribution < -0.4 is 0 Å². The maximum absolute atomic E-state index is 10.8. The molecule has 3 nitrogen and oxygen atoms in total. The van der Waals surface area contributed by atoms with E-state index < -0.39 is 10.1 Å². The summed E-state index contributed by atoms with van der Waals surface area (Å²) < 4.78 is 30.5. The molecule has 2 rings (SSSR count). The van der Waals surface area contributed by atoms with E-state index in [4.69, 9.17) is 4.55 Å². The summed E-state index contributed by atoms with van der Waals surface area (Å²) >= 11 is 0. The monoisotopic (exact) mass is 334 g/mol. The van der Waals surface area contributed by atoms with Crippen molar-refractivity contribution in [1.29, 1.82) is 0 Å². The van der Waals surface area contributed by atoms with E-state index in [1.807, 2.05) is 0 Å². The van der Waals surface area contributed by atoms with Crippen molar-refractivity contribution in [2.75, 3.05) is 11.9 Å². The first-order valence-corrected chi connectivity index (χ1v) is 12.0. The Hall–Kier alpha value is 0.340. The van der Waals surface area contributed by atoms with Crippen LogP contribution in [0.4, 0.5) is 0 Å². The van der Waals surface area contributed by atoms with Gasteiger partial charge in [-0.05, 0) is 56.0 Å². The van der Waals surface area contributed by atoms with E-state index in [1.54, 1.807) is 0 Å². The highest BCUT2D eigenvalue weighted by Crippen LogP contribution is 2.56. The molecule has 2 aliphatic carbocycles. The summed E-state index contributed by atoms with van der Waals surface area (Å²) in [7, 11) is -3.69. The minimum absolute atomic E-state index is 0.0501. The molecule has 2 fully saturated rings. The predicted octanol–water partition coefficient (Wildman–Crippen LogP) is 4.80. The van der Waals surface area contributed by atoms with Crippen molar-refractivity contribution in [2.24, 2.45) is 0 Å². The molecular formula is C16H31O3PS. The third-order valence-corrected chi connectivity index (χ3v) is 9.70. The van der Waals surface area contributed by atoms with Gasteiger partial charge in [-0.15, -0.1) is 7.92 Å². The average molecular weight is 334 g/mol. The highest BCUT2D eigenvalue weighted by atomic mass is 32.2. The van der Waals surface area contributed by atoms with Gasteiger partial charge in [0.1, 0.15) is 0 Å². The average Bonchev–Trinajstić information content (AvgIpc) is 2.48. The van der Waals surface area contributed by atoms with Crippen LogP contribution in [0.3, 0.4) is 0 Å². The summed E-state index contributed by atoms with van der Waals surface area (Å²) in [6.07, 6.45) is 17.0. The lowest BCUT2D eigenvalue weighted by Gasteiger charge is -2.38. The second kappa shape index (κ2) is 8.84. The van der Waals surface area contributed by atoms with Crippen molar-refractivity contribution in [2.45, 2.75) is 88.4 Å². The second-order valence-electron chi connectivity index (χ2n) is 6.81. The molecule has 0 aromatic carbocycles. The van der Waals surface area contributed by atoms with Gasteiger partial charge in [-0.25, -0.2) is 0 Å². The van der Waals surface area contributed by atoms with Crippen LogP contribution in [0.15, 0.2) is 0 Å². The zero-order valence-corrected chi connectivity index (χ0v) is 14.9. The third kappa shape index (κ3) is 6.54. The summed E-state index contributed by atoms with van der Waals surface area (Å²) in [5.41, 5.74) is 1.89. The second-order valence-corrected chi connectivity index (χ2v) is 11.3. The van der Waals surface area contributed by atoms with Gasteiger partial charge >= 0.3 is 0 Å². The SMILES string of the molecule is O=S(=O)(O)CCCCP(C1CCCCC1)C1CCCCC1. The van der Waals surface area contributed by atoms with E-state index in [9.17, 15) is 8.42 Å². The summed E-state index contributed by atoms with van der Waals surface area (Å²) in [5.74, 6) is -0.0501. The molecular weight excluding hydrogens is 303 g/mol. The standard InChI is InChI=1S/C16H31O3PS/c17-21(18,19)14-8-7-13-20(15-9-3-1-4-10-15)16-11-5-2-6-12-16/h15-16H,1-14H2,(H,17,18,19). The molecule has 5 heteroatoms. The maximum Gasteiger partial charge on any atom is 0.264 e. The fraction of sp³-hybridized carbons (Fsp3) is 1.00. The first-order chi connectivity index (χ1) is 10.1. The first-order valence-electron chi connectivity index (χ1n) is 8.77. The Morgan fingerprint density at radius 3 is 1.71 bits per heavy atom. The quantitative estimate of drug-likeness (QED) is 0.413. The van der Waals surface area contributed by atoms with Gasteiger partial charge in [0.25, 0.3) is 10.1 Å². The Morgan fingerprint density at radius 1 is 0.810 bits per heavy atom. The summed E-state index contributed by atoms with van der Waals surface area (Å²) in [6.45, 7) is 0. The van der Waals surface area contributed by atoms with Crippen molar-refractivity contribution in [3.63, 3.8) is 0 Å². The summed E-state index contributed by atoms with van der Waals surface area (Å²) in [4.78, 5) is 0. The van der Waals surface area contributed by atoms with Gasteiger partial charge in [-0.3, -0.25) is 4.55 Å². The number of rotatable bonds is 7. The predicted molar refractivity (Wildman–Crippen MR) is 91.2 cm³/mol. The van der Waals surface area contributed by atoms with Crippen LogP contribution in [-0.2, 0) is 10.1 Å². The minimum Gasteiger partial charge on any atom is -0.286 e. The van der Waals surface area contributed by atoms with Crippen LogP contribution in [-0.4, -0.2) is 36.2 Å². The zero-order valence-electron chi connectivity index (χ0n) is 13.2. The van der Waals surface area contributed by atoms with Crippen LogP contribution in [0.2, 0.25) is 0 Å². The maximum atomic E-state index is 10.8. The smallest absolute Gasteiger partial charge is 0.264 e. The van der Waals surface area contributed by atoms with E-state index in [0.29, 0.717) is 6.42 Å². The van der Waals surface area contributed by atoms with Gasteiger partial charge in [-0.1, -0.05) is 38.5 Å². The molecule has 0 aliphatic heterocycles. The molecule has 0 bridgehead atoms. The Bertz CT molecular complexity index is 366. The lowest BCUT2D eigenvalue weighted by molar-refractivity contribution is 0.479. The summed E-state index contributed by atoms with van der Waals surface area (Å²) in [6, 6.07) is 0. The van der Waals surface area contributed by atoms with E-state index in [1.165, 1.54) is 70.4 Å². The molecule has 2 saturated carbocycles. The normalized spacial score (nSPS) is 22.8. The third-order valence-electron chi connectivity index (χ3n) is 5.16. The molecule has 0 saturated heterocycles. The molecule has 0 amide bonds. The van der Waals surface area contributed by atoms with Gasteiger partial charge in [0, 0.05) is 0 Å². The highest BCUT2D eigenvalue weighted by Gasteiger charge is 2.30. The van der Waals surface area contributed by atoms with E-state index in [-0.39, 0.29) is 13.7 Å². The van der Waals surface area contributed by atoms with Crippen molar-refractivity contribution < 1.29 is 13.0 Å². The molecule has 0 unspecified atom stereocenters. The Morgan fingerprint density at radius 2 is 1.29 bits per heavy atom. The van der Waals surface area contributed by atoms with Crippen LogP contribution in [0.1, 0.15) is 77.0 Å². The van der Waals surface area contributed by atoms with Gasteiger partial charge in [0.2, 0.25) is 0 Å². The van der Waals surface area contributed by atoms with Crippen molar-refractivity contribution in [3.05, 3.63) is 0 Å². The van der Waals surface area contributed by atoms with Gasteiger partial charge < -0.3 is 0 Å². The molecule has 2 aliphatic rings. The molecule has 0 radical (unpaired) electrons. The van der Waals surface area contributed by atoms with Crippen molar-refractivity contribution >= 4 is 18.0 Å². The molecule has 0 aromatic rings. The Kier molecular flexibility index (Phi) is 7.44. The first kappa shape index (κ1) is 17.7. The topological polar surface area (TPSA) is 54.4 Å². The fourth-order valence-electron chi connectivity index (χ4n) is 4.07. The largest absolute Gasteiger partial charge is 0.286 e. The molecule has 0 atom stereocenters. The molecule has 1 N–H and O–H groups in total. The molecule has 0 spiro atoms. The lowest BCUT2D eigenvalue weighted by atomic mass is 9.99. The van der Waals surface area contributed by atoms with Gasteiger partial charge in [0.05, 0.1) is 5.75 Å². The van der Waals surface area contributed by atoms with Crippen LogP contribution in [0.25, 0.3) is 0 Å². The molecule has 0 heterocycles. The molecule has 0 aromatic heterocycles. The number of hydrogen-bond acceptors (Lipinski definition) is 2. The lowest BCUT2D eigenvalue weighted by Crippen LogP contribution is -2.22. The Balaban J connectivity index is 1.84. The van der Waals surface area contributed by atoms with E-state index >= 15 is 0 Å². The molecule has 124 valence electrons. The van der Waals surface area contributed by atoms with Crippen LogP contribution >= 0.6 is 7.92 Å². The number of unbranched alkanes of at least 4 members (excludes halogenated alkanes) is 1. The van der Waals surface area contributed by atoms with Crippen LogP contribution in [0, 0.1) is 0 Å². The Labute approximate surface area is 131 Å². The zero-order chi connectivity index (χ0) is 15.1. The minimum atomic E-state index is -3.76. The fourth-order valence-corrected chi connectivity index (χ4v) is 8.61. The van der Waals surface area contributed by atoms with Crippen molar-refractivity contribution in [3.8, 4) is 0 Å². The van der Waals surface area contributed by atoms with Crippen LogP contribution in [0.5, 0.6) is 0 Å². The van der Waals surface area contributed by atoms with Crippen molar-refractivity contribution in [1.82, 2.24) is 0 Å². The van der Waals surface area contributed by atoms with Gasteiger partial charge in [-0.2, -0.15) is 8.42 Å². The highest BCUT2D eigenvalue weighted by molar-refractivity contribution is 7.85. The number of hydrogen-bond donors (Lipinski definition) is 1.